The van der Waals surface area contributed by atoms with Gasteiger partial charge >= 0.3 is 31.7 Å². The molecule has 5 amide bonds. The molecule has 0 aromatic carbocycles. The van der Waals surface area contributed by atoms with Crippen LogP contribution in [0.25, 0.3) is 0 Å². The van der Waals surface area contributed by atoms with Gasteiger partial charge in [0.15, 0.2) is 18.3 Å². The summed E-state index contributed by atoms with van der Waals surface area (Å²) in [6, 6.07) is -6.84. The van der Waals surface area contributed by atoms with Crippen molar-refractivity contribution in [1.82, 2.24) is 21.3 Å². The first-order valence-electron chi connectivity index (χ1n) is 15.7. The zero-order valence-corrected chi connectivity index (χ0v) is 30.7. The van der Waals surface area contributed by atoms with Crippen LogP contribution in [0.3, 0.4) is 0 Å². The highest BCUT2D eigenvalue weighted by Crippen LogP contribution is 2.47. The molecule has 10 atom stereocenters. The number of ether oxygens (including phenoxy) is 5. The van der Waals surface area contributed by atoms with Gasteiger partial charge < -0.3 is 65.8 Å². The normalized spacial score (nSPS) is 22.6. The van der Waals surface area contributed by atoms with Gasteiger partial charge in [0.25, 0.3) is 0 Å². The van der Waals surface area contributed by atoms with Gasteiger partial charge in [0, 0.05) is 34.6 Å². The fraction of sp³-hybridized carbons (Fsp3) is 0.679. The van der Waals surface area contributed by atoms with Crippen molar-refractivity contribution in [3.63, 3.8) is 0 Å². The van der Waals surface area contributed by atoms with Gasteiger partial charge in [-0.3, -0.25) is 52.2 Å². The second-order valence-electron chi connectivity index (χ2n) is 11.3. The fourth-order valence-electron chi connectivity index (χ4n) is 4.35. The van der Waals surface area contributed by atoms with Crippen molar-refractivity contribution < 1.29 is 95.6 Å². The van der Waals surface area contributed by atoms with E-state index in [-0.39, 0.29) is 0 Å². The number of aliphatic hydroxyl groups is 2. The number of carbonyl (C=O) groups is 9. The zero-order chi connectivity index (χ0) is 41.5. The highest BCUT2D eigenvalue weighted by Gasteiger charge is 2.54. The molecule has 1 aliphatic rings. The third-order valence-corrected chi connectivity index (χ3v) is 7.65. The van der Waals surface area contributed by atoms with E-state index >= 15 is 0 Å². The molecule has 0 aromatic rings. The van der Waals surface area contributed by atoms with E-state index in [2.05, 4.69) is 10.6 Å². The number of rotatable bonds is 20. The topological polar surface area (TPSA) is 370 Å². The lowest BCUT2D eigenvalue weighted by atomic mass is 9.98. The predicted octanol–water partition coefficient (Wildman–Crippen LogP) is -5.35. The molecule has 1 aliphatic heterocycles. The van der Waals surface area contributed by atoms with Gasteiger partial charge in [-0.1, -0.05) is 0 Å². The molecule has 9 N–H and O–H groups in total. The number of hydrogen-bond acceptors (Lipinski definition) is 19. The molecule has 26 heteroatoms. The molecular formula is C28H44N5O20P. The Morgan fingerprint density at radius 1 is 0.704 bits per heavy atom. The van der Waals surface area contributed by atoms with Crippen LogP contribution in [0, 0.1) is 0 Å². The molecule has 0 aromatic heterocycles. The van der Waals surface area contributed by atoms with Crippen molar-refractivity contribution in [3.8, 4) is 0 Å². The smallest absolute Gasteiger partial charge is 0.463 e. The average Bonchev–Trinajstić information content (AvgIpc) is 3.04. The Bertz CT molecular complexity index is 1460. The summed E-state index contributed by atoms with van der Waals surface area (Å²) in [5, 5.41) is 27.4. The van der Waals surface area contributed by atoms with E-state index in [1.165, 1.54) is 0 Å². The summed E-state index contributed by atoms with van der Waals surface area (Å²) in [4.78, 5) is 120. The summed E-state index contributed by atoms with van der Waals surface area (Å²) in [7, 11) is -5.57. The standard InChI is InChI=1S/C28H44N5O20P/c1-11(24(29)41)30-27(44)19(33-26(43)18(8-35)32-25(42)17(7-34)31-12(2)36)9-48-54(45,46)53-28-23(51-16(6)40)22(50-15(5)39)21(49-14(4)38)20(52-28)10-47-13(3)37/h11,17-23,28,34-35H,7-10H2,1-6H3,(H2,29,41)(H,30,44)(H,31,36)(H,32,42)(H,33,43)(H,45,46)/t11-,17-,18-,19-,20+,21+,22-,23-,28+/m0/s1. The number of amides is 5. The summed E-state index contributed by atoms with van der Waals surface area (Å²) in [6.45, 7) is 1.88. The van der Waals surface area contributed by atoms with E-state index in [9.17, 15) is 62.8 Å². The van der Waals surface area contributed by atoms with Crippen LogP contribution in [0.2, 0.25) is 0 Å². The number of phosphoric ester groups is 1. The summed E-state index contributed by atoms with van der Waals surface area (Å²) < 4.78 is 49.3. The van der Waals surface area contributed by atoms with Crippen LogP contribution in [0.5, 0.6) is 0 Å². The molecule has 0 spiro atoms. The molecule has 0 radical (unpaired) electrons. The maximum absolute atomic E-state index is 13.3. The van der Waals surface area contributed by atoms with Gasteiger partial charge in [0.2, 0.25) is 35.8 Å². The number of primary amides is 1. The van der Waals surface area contributed by atoms with Crippen molar-refractivity contribution in [1.29, 1.82) is 0 Å². The first-order valence-corrected chi connectivity index (χ1v) is 17.2. The molecule has 1 fully saturated rings. The minimum atomic E-state index is -5.57. The summed E-state index contributed by atoms with van der Waals surface area (Å²) >= 11 is 0. The molecule has 1 saturated heterocycles. The lowest BCUT2D eigenvalue weighted by Crippen LogP contribution is -2.62. The molecule has 0 aliphatic carbocycles. The van der Waals surface area contributed by atoms with Crippen LogP contribution < -0.4 is 27.0 Å². The summed E-state index contributed by atoms with van der Waals surface area (Å²) in [5.74, 6) is -9.45. The largest absolute Gasteiger partial charge is 0.474 e. The number of aliphatic hydroxyl groups excluding tert-OH is 2. The summed E-state index contributed by atoms with van der Waals surface area (Å²) in [5.41, 5.74) is 5.16. The van der Waals surface area contributed by atoms with Gasteiger partial charge in [-0.2, -0.15) is 0 Å². The Balaban J connectivity index is 3.44. The molecule has 1 unspecified atom stereocenters. The second-order valence-corrected chi connectivity index (χ2v) is 12.7. The third-order valence-electron chi connectivity index (χ3n) is 6.70. The zero-order valence-electron chi connectivity index (χ0n) is 29.8. The number of hydrogen-bond donors (Lipinski definition) is 8. The van der Waals surface area contributed by atoms with Crippen molar-refractivity contribution >= 4 is 61.2 Å². The molecule has 25 nitrogen and oxygen atoms in total. The number of nitrogens with two attached hydrogens (primary N) is 1. The van der Waals surface area contributed by atoms with Gasteiger partial charge in [-0.15, -0.1) is 0 Å². The maximum atomic E-state index is 13.3. The van der Waals surface area contributed by atoms with Crippen LogP contribution >= 0.6 is 7.82 Å². The van der Waals surface area contributed by atoms with E-state index in [1.54, 1.807) is 0 Å². The Labute approximate surface area is 306 Å². The van der Waals surface area contributed by atoms with Gasteiger partial charge in [-0.05, 0) is 6.92 Å². The Hall–Kier alpha value is -4.78. The molecule has 54 heavy (non-hydrogen) atoms. The molecule has 306 valence electrons. The van der Waals surface area contributed by atoms with Crippen molar-refractivity contribution in [3.05, 3.63) is 0 Å². The molecule has 1 rings (SSSR count). The number of carbonyl (C=O) groups excluding carboxylic acids is 9. The molecular weight excluding hydrogens is 757 g/mol. The van der Waals surface area contributed by atoms with Crippen LogP contribution in [0.15, 0.2) is 0 Å². The monoisotopic (exact) mass is 801 g/mol. The first-order chi connectivity index (χ1) is 25.0. The third kappa shape index (κ3) is 16.1. The van der Waals surface area contributed by atoms with Crippen LogP contribution in [-0.2, 0) is 80.4 Å². The number of nitrogens with one attached hydrogen (secondary N) is 4. The highest BCUT2D eigenvalue weighted by molar-refractivity contribution is 7.47. The quantitative estimate of drug-likeness (QED) is 0.0324. The Kier molecular flexibility index (Phi) is 19.1. The lowest BCUT2D eigenvalue weighted by molar-refractivity contribution is -0.291. The average molecular weight is 802 g/mol. The van der Waals surface area contributed by atoms with Gasteiger partial charge in [0.1, 0.15) is 36.9 Å². The Morgan fingerprint density at radius 3 is 1.63 bits per heavy atom. The van der Waals surface area contributed by atoms with Crippen molar-refractivity contribution in [2.75, 3.05) is 26.4 Å². The van der Waals surface area contributed by atoms with Crippen LogP contribution in [0.1, 0.15) is 41.5 Å². The summed E-state index contributed by atoms with van der Waals surface area (Å²) in [6.07, 6.45) is -9.28. The van der Waals surface area contributed by atoms with Gasteiger partial charge in [0.05, 0.1) is 19.8 Å². The molecule has 0 saturated carbocycles. The fourth-order valence-corrected chi connectivity index (χ4v) is 5.18. The van der Waals surface area contributed by atoms with E-state index in [0.717, 1.165) is 41.5 Å². The maximum Gasteiger partial charge on any atom is 0.474 e. The molecule has 1 heterocycles. The van der Waals surface area contributed by atoms with E-state index < -0.39 is 143 Å². The van der Waals surface area contributed by atoms with Crippen molar-refractivity contribution in [2.24, 2.45) is 5.73 Å². The van der Waals surface area contributed by atoms with Crippen molar-refractivity contribution in [2.45, 2.75) is 96.4 Å². The second kappa shape index (κ2) is 21.8. The SMILES string of the molecule is CC(=O)N[C@@H](CO)C(=O)N[C@@H](CO)C(=O)N[C@@H](COP(=O)(O)O[C@H]1O[C@H](COC(C)=O)[C@@H](OC(C)=O)[C@H](OC(C)=O)[C@@H]1OC(C)=O)C(=O)N[C@@H](C)C(N)=O. The van der Waals surface area contributed by atoms with Crippen LogP contribution in [-0.4, -0.2) is 150 Å². The molecule has 0 bridgehead atoms. The number of phosphoric acid groups is 1. The first kappa shape index (κ1) is 47.2. The number of esters is 4. The minimum absolute atomic E-state index is 0.729. The van der Waals surface area contributed by atoms with Crippen LogP contribution in [0.4, 0.5) is 0 Å². The predicted molar refractivity (Wildman–Crippen MR) is 171 cm³/mol. The minimum Gasteiger partial charge on any atom is -0.463 e. The van der Waals surface area contributed by atoms with E-state index in [0.29, 0.717) is 0 Å². The highest BCUT2D eigenvalue weighted by atomic mass is 31.2. The lowest BCUT2D eigenvalue weighted by Gasteiger charge is -2.44. The van der Waals surface area contributed by atoms with E-state index in [1.807, 2.05) is 10.6 Å². The van der Waals surface area contributed by atoms with E-state index in [4.69, 9.17) is 38.5 Å². The Morgan fingerprint density at radius 2 is 1.17 bits per heavy atom. The van der Waals surface area contributed by atoms with Gasteiger partial charge in [-0.25, -0.2) is 4.57 Å².